The second-order valence-corrected chi connectivity index (χ2v) is 7.02. The first-order valence-corrected chi connectivity index (χ1v) is 8.99. The third-order valence-corrected chi connectivity index (χ3v) is 5.14. The molecule has 1 aromatic heterocycles. The van der Waals surface area contributed by atoms with Crippen LogP contribution in [0.2, 0.25) is 0 Å². The topological polar surface area (TPSA) is 44.0 Å². The standard InChI is InChI=1S/C23H22N4/c1-26(2)20-7-6-16-12-18(5-4-17(16)13-20)22-8-9-23(27(22)3)21-10-11-25-15-19(21)14-24/h4-13,25H,15H2,1-3H3. The van der Waals surface area contributed by atoms with Crippen LogP contribution in [0, 0.1) is 11.3 Å². The first-order chi connectivity index (χ1) is 13.1. The van der Waals surface area contributed by atoms with E-state index in [0.717, 1.165) is 22.5 Å². The van der Waals surface area contributed by atoms with E-state index in [4.69, 9.17) is 0 Å². The third kappa shape index (κ3) is 2.98. The lowest BCUT2D eigenvalue weighted by molar-refractivity contribution is 0.903. The number of fused-ring (bicyclic) bond motifs is 1. The number of benzene rings is 2. The van der Waals surface area contributed by atoms with Gasteiger partial charge in [-0.2, -0.15) is 5.26 Å². The summed E-state index contributed by atoms with van der Waals surface area (Å²) in [5.74, 6) is 0. The van der Waals surface area contributed by atoms with Crippen LogP contribution in [0.5, 0.6) is 0 Å². The number of hydrogen-bond donors (Lipinski definition) is 1. The maximum absolute atomic E-state index is 9.42. The summed E-state index contributed by atoms with van der Waals surface area (Å²) in [6.45, 7) is 0.576. The zero-order valence-electron chi connectivity index (χ0n) is 15.8. The summed E-state index contributed by atoms with van der Waals surface area (Å²) >= 11 is 0. The molecule has 1 aliphatic rings. The molecule has 0 unspecified atom stereocenters. The van der Waals surface area contributed by atoms with Gasteiger partial charge in [0, 0.05) is 43.8 Å². The van der Waals surface area contributed by atoms with E-state index in [1.807, 2.05) is 12.3 Å². The smallest absolute Gasteiger partial charge is 0.0973 e. The minimum Gasteiger partial charge on any atom is -0.386 e. The van der Waals surface area contributed by atoms with Crippen LogP contribution >= 0.6 is 0 Å². The van der Waals surface area contributed by atoms with Gasteiger partial charge >= 0.3 is 0 Å². The molecule has 3 aromatic rings. The largest absolute Gasteiger partial charge is 0.386 e. The molecule has 0 saturated carbocycles. The number of aromatic nitrogens is 1. The van der Waals surface area contributed by atoms with Gasteiger partial charge in [0.2, 0.25) is 0 Å². The molecule has 0 fully saturated rings. The van der Waals surface area contributed by atoms with Gasteiger partial charge in [-0.25, -0.2) is 0 Å². The lowest BCUT2D eigenvalue weighted by Crippen LogP contribution is -2.15. The summed E-state index contributed by atoms with van der Waals surface area (Å²) in [6, 6.07) is 19.6. The van der Waals surface area contributed by atoms with Crippen LogP contribution in [0.25, 0.3) is 27.6 Å². The highest BCUT2D eigenvalue weighted by atomic mass is 15.1. The zero-order chi connectivity index (χ0) is 19.0. The summed E-state index contributed by atoms with van der Waals surface area (Å²) in [6.07, 6.45) is 3.88. The van der Waals surface area contributed by atoms with Crippen LogP contribution in [0.3, 0.4) is 0 Å². The third-order valence-electron chi connectivity index (χ3n) is 5.14. The van der Waals surface area contributed by atoms with Gasteiger partial charge in [0.05, 0.1) is 18.2 Å². The second kappa shape index (κ2) is 6.69. The van der Waals surface area contributed by atoms with Crippen LogP contribution in [0.4, 0.5) is 5.69 Å². The molecule has 0 atom stereocenters. The maximum atomic E-state index is 9.42. The molecular weight excluding hydrogens is 332 g/mol. The van der Waals surface area contributed by atoms with Crippen molar-refractivity contribution >= 4 is 22.0 Å². The Labute approximate surface area is 159 Å². The Morgan fingerprint density at radius 2 is 1.74 bits per heavy atom. The van der Waals surface area contributed by atoms with Crippen molar-refractivity contribution in [3.05, 3.63) is 72.1 Å². The van der Waals surface area contributed by atoms with Gasteiger partial charge in [0.15, 0.2) is 0 Å². The predicted octanol–water partition coefficient (Wildman–Crippen LogP) is 4.31. The Morgan fingerprint density at radius 1 is 1.00 bits per heavy atom. The molecule has 0 amide bonds. The fourth-order valence-electron chi connectivity index (χ4n) is 3.58. The molecule has 134 valence electrons. The molecule has 0 saturated heterocycles. The highest BCUT2D eigenvalue weighted by Gasteiger charge is 2.15. The highest BCUT2D eigenvalue weighted by Crippen LogP contribution is 2.31. The Bertz CT molecular complexity index is 1120. The minimum absolute atomic E-state index is 0.576. The van der Waals surface area contributed by atoms with Crippen molar-refractivity contribution in [3.63, 3.8) is 0 Å². The number of rotatable bonds is 3. The maximum Gasteiger partial charge on any atom is 0.0973 e. The van der Waals surface area contributed by atoms with Crippen LogP contribution in [0.1, 0.15) is 5.69 Å². The van der Waals surface area contributed by atoms with Crippen LogP contribution in [-0.4, -0.2) is 25.2 Å². The minimum atomic E-state index is 0.576. The van der Waals surface area contributed by atoms with E-state index >= 15 is 0 Å². The average Bonchev–Trinajstić information content (AvgIpc) is 3.08. The molecule has 1 N–H and O–H groups in total. The first kappa shape index (κ1) is 17.0. The van der Waals surface area contributed by atoms with E-state index in [1.54, 1.807) is 0 Å². The Balaban J connectivity index is 1.78. The van der Waals surface area contributed by atoms with E-state index in [1.165, 1.54) is 22.0 Å². The second-order valence-electron chi connectivity index (χ2n) is 7.02. The Morgan fingerprint density at radius 3 is 2.52 bits per heavy atom. The number of nitrogens with one attached hydrogen (secondary N) is 1. The molecule has 2 heterocycles. The highest BCUT2D eigenvalue weighted by molar-refractivity contribution is 5.90. The number of nitrogens with zero attached hydrogens (tertiary/aromatic N) is 3. The number of allylic oxidation sites excluding steroid dienone is 2. The molecular formula is C23H22N4. The average molecular weight is 354 g/mol. The van der Waals surface area contributed by atoms with Gasteiger partial charge in [-0.05, 0) is 58.9 Å². The fraction of sp³-hybridized carbons (Fsp3) is 0.174. The number of anilines is 1. The molecule has 1 aliphatic heterocycles. The fourth-order valence-corrected chi connectivity index (χ4v) is 3.58. The summed E-state index contributed by atoms with van der Waals surface area (Å²) in [5.41, 5.74) is 6.32. The van der Waals surface area contributed by atoms with Gasteiger partial charge in [-0.15, -0.1) is 0 Å². The molecule has 4 rings (SSSR count). The number of hydrogen-bond acceptors (Lipinski definition) is 3. The zero-order valence-corrected chi connectivity index (χ0v) is 15.8. The first-order valence-electron chi connectivity index (χ1n) is 8.99. The molecule has 27 heavy (non-hydrogen) atoms. The quantitative estimate of drug-likeness (QED) is 0.762. The van der Waals surface area contributed by atoms with Gasteiger partial charge in [-0.3, -0.25) is 0 Å². The molecule has 4 nitrogen and oxygen atoms in total. The van der Waals surface area contributed by atoms with Crippen molar-refractivity contribution in [1.29, 1.82) is 5.26 Å². The summed E-state index contributed by atoms with van der Waals surface area (Å²) in [5, 5.41) is 15.0. The van der Waals surface area contributed by atoms with Gasteiger partial charge in [-0.1, -0.05) is 18.2 Å². The van der Waals surface area contributed by atoms with E-state index in [-0.39, 0.29) is 0 Å². The normalized spacial score (nSPS) is 13.6. The predicted molar refractivity (Wildman–Crippen MR) is 112 cm³/mol. The van der Waals surface area contributed by atoms with Gasteiger partial charge < -0.3 is 14.8 Å². The number of dihydropyridines is 1. The summed E-state index contributed by atoms with van der Waals surface area (Å²) < 4.78 is 2.16. The lowest BCUT2D eigenvalue weighted by Gasteiger charge is -2.15. The Hall–Kier alpha value is -3.45. The molecule has 0 radical (unpaired) electrons. The van der Waals surface area contributed by atoms with Crippen LogP contribution < -0.4 is 10.2 Å². The summed E-state index contributed by atoms with van der Waals surface area (Å²) in [7, 11) is 6.17. The van der Waals surface area contributed by atoms with Crippen molar-refractivity contribution in [1.82, 2.24) is 9.88 Å². The van der Waals surface area contributed by atoms with Crippen molar-refractivity contribution in [3.8, 4) is 17.3 Å². The lowest BCUT2D eigenvalue weighted by atomic mass is 10.0. The molecule has 0 bridgehead atoms. The van der Waals surface area contributed by atoms with Gasteiger partial charge in [0.1, 0.15) is 0 Å². The summed E-state index contributed by atoms with van der Waals surface area (Å²) in [4.78, 5) is 2.11. The van der Waals surface area contributed by atoms with E-state index in [9.17, 15) is 5.26 Å². The molecule has 4 heteroatoms. The van der Waals surface area contributed by atoms with E-state index in [2.05, 4.69) is 90.5 Å². The van der Waals surface area contributed by atoms with E-state index < -0.39 is 0 Å². The van der Waals surface area contributed by atoms with Crippen LogP contribution in [0.15, 0.2) is 66.4 Å². The van der Waals surface area contributed by atoms with Crippen molar-refractivity contribution < 1.29 is 0 Å². The molecule has 0 spiro atoms. The van der Waals surface area contributed by atoms with E-state index in [0.29, 0.717) is 6.54 Å². The SMILES string of the molecule is CN(C)c1ccc2cc(-c3ccc(C4=C(C#N)CNC=C4)n3C)ccc2c1. The number of nitriles is 1. The van der Waals surface area contributed by atoms with Crippen molar-refractivity contribution in [2.24, 2.45) is 7.05 Å². The van der Waals surface area contributed by atoms with Crippen LogP contribution in [-0.2, 0) is 7.05 Å². The van der Waals surface area contributed by atoms with Crippen molar-refractivity contribution in [2.75, 3.05) is 25.5 Å². The van der Waals surface area contributed by atoms with Gasteiger partial charge in [0.25, 0.3) is 0 Å². The molecule has 0 aliphatic carbocycles. The molecule has 2 aromatic carbocycles. The monoisotopic (exact) mass is 354 g/mol. The van der Waals surface area contributed by atoms with Crippen molar-refractivity contribution in [2.45, 2.75) is 0 Å². The Kier molecular flexibility index (Phi) is 4.21.